The minimum absolute atomic E-state index is 0.0791. The molecule has 1 N–H and O–H groups in total. The lowest BCUT2D eigenvalue weighted by Gasteiger charge is -2.22. The molecule has 1 fully saturated rings. The van der Waals surface area contributed by atoms with E-state index in [9.17, 15) is 14.3 Å². The van der Waals surface area contributed by atoms with Gasteiger partial charge < -0.3 is 9.84 Å². The van der Waals surface area contributed by atoms with Gasteiger partial charge >= 0.3 is 5.97 Å². The molecule has 2 aromatic rings. The van der Waals surface area contributed by atoms with E-state index < -0.39 is 5.97 Å². The Morgan fingerprint density at radius 2 is 1.90 bits per heavy atom. The summed E-state index contributed by atoms with van der Waals surface area (Å²) in [4.78, 5) is 11.5. The molecule has 0 heterocycles. The Morgan fingerprint density at radius 1 is 1.13 bits per heavy atom. The summed E-state index contributed by atoms with van der Waals surface area (Å²) < 4.78 is 20.1. The quantitative estimate of drug-likeness (QED) is 0.326. The Balaban J connectivity index is 1.73. The highest BCUT2D eigenvalue weighted by molar-refractivity contribution is 5.86. The van der Waals surface area contributed by atoms with Crippen molar-refractivity contribution in [1.82, 2.24) is 0 Å². The van der Waals surface area contributed by atoms with E-state index >= 15 is 0 Å². The van der Waals surface area contributed by atoms with Crippen LogP contribution in [-0.4, -0.2) is 17.7 Å². The molecule has 4 heteroatoms. The first-order chi connectivity index (χ1) is 14.5. The Morgan fingerprint density at radius 3 is 2.57 bits per heavy atom. The number of halogens is 1. The summed E-state index contributed by atoms with van der Waals surface area (Å²) in [5, 5.41) is 9.66. The van der Waals surface area contributed by atoms with Crippen molar-refractivity contribution < 1.29 is 19.0 Å². The van der Waals surface area contributed by atoms with Crippen molar-refractivity contribution in [3.8, 4) is 11.1 Å². The summed E-state index contributed by atoms with van der Waals surface area (Å²) in [5.74, 6) is -0.126. The van der Waals surface area contributed by atoms with E-state index in [0.717, 1.165) is 35.1 Å². The second-order valence-electron chi connectivity index (χ2n) is 8.24. The van der Waals surface area contributed by atoms with Gasteiger partial charge in [-0.25, -0.2) is 9.18 Å². The van der Waals surface area contributed by atoms with E-state index in [1.807, 2.05) is 24.3 Å². The molecule has 1 aliphatic carbocycles. The van der Waals surface area contributed by atoms with Gasteiger partial charge in [0.25, 0.3) is 0 Å². The molecular weight excluding hydrogens is 379 g/mol. The third kappa shape index (κ3) is 5.57. The predicted octanol–water partition coefficient (Wildman–Crippen LogP) is 6.08. The number of hydrogen-bond donors (Lipinski definition) is 1. The zero-order chi connectivity index (χ0) is 21.5. The second kappa shape index (κ2) is 10.5. The summed E-state index contributed by atoms with van der Waals surface area (Å²) in [6.07, 6.45) is 7.27. The molecule has 0 spiro atoms. The number of benzene rings is 2. The van der Waals surface area contributed by atoms with Crippen molar-refractivity contribution in [2.45, 2.75) is 64.4 Å². The van der Waals surface area contributed by atoms with E-state index in [2.05, 4.69) is 12.6 Å². The van der Waals surface area contributed by atoms with Crippen LogP contribution in [0.1, 0.15) is 68.1 Å². The molecule has 0 amide bonds. The highest BCUT2D eigenvalue weighted by atomic mass is 19.1. The Labute approximate surface area is 178 Å². The van der Waals surface area contributed by atoms with Gasteiger partial charge in [0.1, 0.15) is 5.82 Å². The van der Waals surface area contributed by atoms with Gasteiger partial charge in [0.05, 0.1) is 13.2 Å². The first-order valence-electron chi connectivity index (χ1n) is 10.8. The van der Waals surface area contributed by atoms with Crippen LogP contribution in [-0.2, 0) is 22.6 Å². The van der Waals surface area contributed by atoms with Crippen molar-refractivity contribution >= 4 is 5.97 Å². The monoisotopic (exact) mass is 410 g/mol. The topological polar surface area (TPSA) is 46.5 Å². The molecule has 3 nitrogen and oxygen atoms in total. The van der Waals surface area contributed by atoms with Crippen molar-refractivity contribution in [1.29, 1.82) is 0 Å². The first kappa shape index (κ1) is 22.2. The molecule has 160 valence electrons. The molecule has 0 saturated heterocycles. The van der Waals surface area contributed by atoms with Crippen LogP contribution < -0.4 is 0 Å². The van der Waals surface area contributed by atoms with Gasteiger partial charge in [0.2, 0.25) is 0 Å². The van der Waals surface area contributed by atoms with Crippen LogP contribution in [0.25, 0.3) is 11.1 Å². The average Bonchev–Trinajstić information content (AvgIpc) is 2.77. The number of ether oxygens (including phenoxy) is 1. The van der Waals surface area contributed by atoms with E-state index in [1.165, 1.54) is 19.3 Å². The number of rotatable bonds is 8. The Kier molecular flexibility index (Phi) is 7.81. The van der Waals surface area contributed by atoms with Gasteiger partial charge in [-0.1, -0.05) is 56.2 Å². The van der Waals surface area contributed by atoms with Crippen molar-refractivity contribution in [3.63, 3.8) is 0 Å². The molecule has 30 heavy (non-hydrogen) atoms. The lowest BCUT2D eigenvalue weighted by atomic mass is 9.83. The molecule has 0 bridgehead atoms. The number of carbonyl (C=O) groups excluding carboxylic acids is 1. The molecule has 3 rings (SSSR count). The van der Waals surface area contributed by atoms with Crippen LogP contribution in [0.4, 0.5) is 4.39 Å². The molecule has 0 unspecified atom stereocenters. The fraction of sp³-hybridized carbons (Fsp3) is 0.423. The van der Waals surface area contributed by atoms with Crippen LogP contribution in [0.15, 0.2) is 48.6 Å². The van der Waals surface area contributed by atoms with Crippen molar-refractivity contribution in [2.24, 2.45) is 0 Å². The Hall–Kier alpha value is -2.46. The number of esters is 1. The van der Waals surface area contributed by atoms with Gasteiger partial charge in [-0.05, 0) is 66.8 Å². The lowest BCUT2D eigenvalue weighted by Crippen LogP contribution is -2.07. The van der Waals surface area contributed by atoms with Crippen LogP contribution in [0, 0.1) is 5.82 Å². The molecule has 1 aliphatic rings. The zero-order valence-electron chi connectivity index (χ0n) is 17.8. The highest BCUT2D eigenvalue weighted by Gasteiger charge is 2.17. The first-order valence-corrected chi connectivity index (χ1v) is 10.8. The molecule has 0 aliphatic heterocycles. The molecule has 0 radical (unpaired) electrons. The van der Waals surface area contributed by atoms with E-state index in [1.54, 1.807) is 13.0 Å². The fourth-order valence-electron chi connectivity index (χ4n) is 4.19. The minimum atomic E-state index is -0.397. The predicted molar refractivity (Wildman–Crippen MR) is 118 cm³/mol. The SMILES string of the molecule is C=C(C)C(=O)OCCCc1cc(-c2ccc(C3CCCCC3)cc2F)ccc1CO. The van der Waals surface area contributed by atoms with Crippen molar-refractivity contribution in [3.05, 3.63) is 71.1 Å². The minimum Gasteiger partial charge on any atom is -0.462 e. The average molecular weight is 411 g/mol. The van der Waals surface area contributed by atoms with Crippen molar-refractivity contribution in [2.75, 3.05) is 6.61 Å². The van der Waals surface area contributed by atoms with Gasteiger partial charge in [-0.3, -0.25) is 0 Å². The molecule has 0 atom stereocenters. The molecule has 1 saturated carbocycles. The fourth-order valence-corrected chi connectivity index (χ4v) is 4.19. The summed E-state index contributed by atoms with van der Waals surface area (Å²) in [5.41, 5.74) is 4.60. The van der Waals surface area contributed by atoms with Crippen LogP contribution in [0.3, 0.4) is 0 Å². The number of aryl methyl sites for hydroxylation is 1. The standard InChI is InChI=1S/C26H31FO3/c1-18(2)26(29)30-14-6-9-20-15-22(10-11-23(20)17-28)24-13-12-21(16-25(24)27)19-7-4-3-5-8-19/h10-13,15-16,19,28H,1,3-9,14,17H2,2H3. The normalized spacial score (nSPS) is 14.5. The van der Waals surface area contributed by atoms with Gasteiger partial charge in [-0.2, -0.15) is 0 Å². The largest absolute Gasteiger partial charge is 0.462 e. The van der Waals surface area contributed by atoms with E-state index in [4.69, 9.17) is 4.74 Å². The zero-order valence-corrected chi connectivity index (χ0v) is 17.8. The second-order valence-corrected chi connectivity index (χ2v) is 8.24. The summed E-state index contributed by atoms with van der Waals surface area (Å²) >= 11 is 0. The number of aliphatic hydroxyl groups excluding tert-OH is 1. The molecule has 0 aromatic heterocycles. The van der Waals surface area contributed by atoms with Crippen LogP contribution >= 0.6 is 0 Å². The van der Waals surface area contributed by atoms with Gasteiger partial charge in [0, 0.05) is 11.1 Å². The van der Waals surface area contributed by atoms with Gasteiger partial charge in [-0.15, -0.1) is 0 Å². The number of hydrogen-bond acceptors (Lipinski definition) is 3. The van der Waals surface area contributed by atoms with E-state index in [-0.39, 0.29) is 19.0 Å². The summed E-state index contributed by atoms with van der Waals surface area (Å²) in [6, 6.07) is 11.3. The third-order valence-corrected chi connectivity index (χ3v) is 5.93. The van der Waals surface area contributed by atoms with Gasteiger partial charge in [0.15, 0.2) is 0 Å². The van der Waals surface area contributed by atoms with Crippen LogP contribution in [0.2, 0.25) is 0 Å². The molecule has 2 aromatic carbocycles. The lowest BCUT2D eigenvalue weighted by molar-refractivity contribution is -0.139. The third-order valence-electron chi connectivity index (χ3n) is 5.93. The summed E-state index contributed by atoms with van der Waals surface area (Å²) in [6.45, 7) is 5.38. The maximum Gasteiger partial charge on any atom is 0.333 e. The maximum atomic E-state index is 15.0. The van der Waals surface area contributed by atoms with Crippen LogP contribution in [0.5, 0.6) is 0 Å². The highest BCUT2D eigenvalue weighted by Crippen LogP contribution is 2.35. The number of carbonyl (C=O) groups is 1. The Bertz CT molecular complexity index is 897. The number of aliphatic hydroxyl groups is 1. The summed E-state index contributed by atoms with van der Waals surface area (Å²) in [7, 11) is 0. The smallest absolute Gasteiger partial charge is 0.333 e. The van der Waals surface area contributed by atoms with E-state index in [0.29, 0.717) is 29.9 Å². The maximum absolute atomic E-state index is 15.0. The molecular formula is C26H31FO3.